The Balaban J connectivity index is 2.91. The van der Waals surface area contributed by atoms with E-state index in [1.807, 2.05) is 0 Å². The van der Waals surface area contributed by atoms with E-state index >= 15 is 0 Å². The van der Waals surface area contributed by atoms with Gasteiger partial charge in [-0.2, -0.15) is 0 Å². The van der Waals surface area contributed by atoms with Gasteiger partial charge in [0.15, 0.2) is 5.75 Å². The minimum atomic E-state index is -0.434. The van der Waals surface area contributed by atoms with Gasteiger partial charge in [-0.25, -0.2) is 9.78 Å². The average Bonchev–Trinajstić information content (AvgIpc) is 2.18. The number of esters is 1. The molecule has 0 aliphatic carbocycles. The summed E-state index contributed by atoms with van der Waals surface area (Å²) in [5.41, 5.74) is 0.263. The van der Waals surface area contributed by atoms with E-state index in [0.29, 0.717) is 16.8 Å². The maximum atomic E-state index is 11.3. The van der Waals surface area contributed by atoms with Crippen molar-refractivity contribution in [1.82, 2.24) is 4.98 Å². The van der Waals surface area contributed by atoms with Crippen LogP contribution in [0.2, 0.25) is 0 Å². The zero-order chi connectivity index (χ0) is 10.6. The molecule has 5 heteroatoms. The van der Waals surface area contributed by atoms with Crippen molar-refractivity contribution in [3.05, 3.63) is 22.4 Å². The van der Waals surface area contributed by atoms with E-state index in [9.17, 15) is 4.79 Å². The lowest BCUT2D eigenvalue weighted by atomic mass is 10.3. The summed E-state index contributed by atoms with van der Waals surface area (Å²) in [6.45, 7) is 2.08. The molecule has 76 valence electrons. The zero-order valence-electron chi connectivity index (χ0n) is 7.91. The lowest BCUT2D eigenvalue weighted by molar-refractivity contribution is 0.0519. The maximum absolute atomic E-state index is 11.3. The van der Waals surface area contributed by atoms with E-state index < -0.39 is 5.97 Å². The Labute approximate surface area is 90.4 Å². The zero-order valence-corrected chi connectivity index (χ0v) is 9.50. The molecule has 0 aromatic carbocycles. The first-order chi connectivity index (χ1) is 6.69. The van der Waals surface area contributed by atoms with Gasteiger partial charge in [-0.15, -0.1) is 0 Å². The van der Waals surface area contributed by atoms with Crippen LogP contribution in [0.5, 0.6) is 5.75 Å². The van der Waals surface area contributed by atoms with Gasteiger partial charge in [0.1, 0.15) is 5.69 Å². The summed E-state index contributed by atoms with van der Waals surface area (Å²) in [4.78, 5) is 15.1. The lowest BCUT2D eigenvalue weighted by Crippen LogP contribution is -2.07. The molecular weight excluding hydrogens is 250 g/mol. The highest BCUT2D eigenvalue weighted by atomic mass is 79.9. The van der Waals surface area contributed by atoms with E-state index in [-0.39, 0.29) is 5.69 Å². The number of aromatic nitrogens is 1. The Morgan fingerprint density at radius 1 is 1.64 bits per heavy atom. The summed E-state index contributed by atoms with van der Waals surface area (Å²) in [5.74, 6) is 0.147. The number of nitrogens with zero attached hydrogens (tertiary/aromatic N) is 1. The summed E-state index contributed by atoms with van der Waals surface area (Å²) < 4.78 is 10.5. The molecule has 0 fully saturated rings. The number of carbonyl (C=O) groups excluding carboxylic acids is 1. The van der Waals surface area contributed by atoms with Crippen LogP contribution in [-0.4, -0.2) is 24.7 Å². The van der Waals surface area contributed by atoms with Crippen molar-refractivity contribution in [2.24, 2.45) is 0 Å². The molecule has 0 unspecified atom stereocenters. The Kier molecular flexibility index (Phi) is 3.88. The second-order valence-corrected chi connectivity index (χ2v) is 3.28. The minimum Gasteiger partial charge on any atom is -0.494 e. The van der Waals surface area contributed by atoms with Gasteiger partial charge < -0.3 is 9.47 Å². The fourth-order valence-electron chi connectivity index (χ4n) is 0.885. The van der Waals surface area contributed by atoms with Crippen LogP contribution in [0.1, 0.15) is 17.4 Å². The minimum absolute atomic E-state index is 0.263. The number of halogens is 1. The standard InChI is InChI=1S/C9H10BrNO3/c1-3-14-9(12)7-4-6(10)8(13-2)5-11-7/h4-5H,3H2,1-2H3. The van der Waals surface area contributed by atoms with Gasteiger partial charge in [0.2, 0.25) is 0 Å². The first-order valence-corrected chi connectivity index (χ1v) is 4.85. The van der Waals surface area contributed by atoms with Crippen molar-refractivity contribution in [2.45, 2.75) is 6.92 Å². The van der Waals surface area contributed by atoms with E-state index in [4.69, 9.17) is 9.47 Å². The summed E-state index contributed by atoms with van der Waals surface area (Å²) >= 11 is 3.25. The van der Waals surface area contributed by atoms with Crippen LogP contribution in [0, 0.1) is 0 Å². The van der Waals surface area contributed by atoms with Crippen LogP contribution in [0.15, 0.2) is 16.7 Å². The Morgan fingerprint density at radius 3 is 2.86 bits per heavy atom. The first-order valence-electron chi connectivity index (χ1n) is 4.05. The lowest BCUT2D eigenvalue weighted by Gasteiger charge is -2.04. The third-order valence-corrected chi connectivity index (χ3v) is 2.14. The van der Waals surface area contributed by atoms with Gasteiger partial charge >= 0.3 is 5.97 Å². The molecule has 0 atom stereocenters. The second kappa shape index (κ2) is 4.95. The molecule has 1 heterocycles. The fraction of sp³-hybridized carbons (Fsp3) is 0.333. The molecule has 1 rings (SSSR count). The van der Waals surface area contributed by atoms with Crippen LogP contribution in [-0.2, 0) is 4.74 Å². The topological polar surface area (TPSA) is 48.4 Å². The van der Waals surface area contributed by atoms with Crippen molar-refractivity contribution in [1.29, 1.82) is 0 Å². The van der Waals surface area contributed by atoms with Crippen LogP contribution in [0.3, 0.4) is 0 Å². The average molecular weight is 260 g/mol. The van der Waals surface area contributed by atoms with Crippen molar-refractivity contribution in [3.8, 4) is 5.75 Å². The smallest absolute Gasteiger partial charge is 0.356 e. The van der Waals surface area contributed by atoms with Crippen LogP contribution >= 0.6 is 15.9 Å². The van der Waals surface area contributed by atoms with E-state index in [2.05, 4.69) is 20.9 Å². The number of pyridine rings is 1. The maximum Gasteiger partial charge on any atom is 0.356 e. The fourth-order valence-corrected chi connectivity index (χ4v) is 1.37. The Bertz CT molecular complexity index is 341. The molecule has 1 aromatic heterocycles. The van der Waals surface area contributed by atoms with Crippen molar-refractivity contribution < 1.29 is 14.3 Å². The number of hydrogen-bond donors (Lipinski definition) is 0. The predicted octanol–water partition coefficient (Wildman–Crippen LogP) is 2.03. The molecule has 0 N–H and O–H groups in total. The van der Waals surface area contributed by atoms with Gasteiger partial charge in [0.25, 0.3) is 0 Å². The third-order valence-electron chi connectivity index (χ3n) is 1.52. The highest BCUT2D eigenvalue weighted by Crippen LogP contribution is 2.23. The molecule has 0 amide bonds. The normalized spacial score (nSPS) is 9.64. The van der Waals surface area contributed by atoms with E-state index in [0.717, 1.165) is 0 Å². The quantitative estimate of drug-likeness (QED) is 0.780. The summed E-state index contributed by atoms with van der Waals surface area (Å²) in [6.07, 6.45) is 1.47. The molecule has 0 aliphatic rings. The van der Waals surface area contributed by atoms with Crippen LogP contribution < -0.4 is 4.74 Å². The molecule has 0 saturated carbocycles. The molecule has 0 bridgehead atoms. The van der Waals surface area contributed by atoms with Gasteiger partial charge in [-0.05, 0) is 28.9 Å². The van der Waals surface area contributed by atoms with E-state index in [1.54, 1.807) is 13.0 Å². The van der Waals surface area contributed by atoms with Crippen molar-refractivity contribution in [3.63, 3.8) is 0 Å². The van der Waals surface area contributed by atoms with Gasteiger partial charge in [-0.3, -0.25) is 0 Å². The van der Waals surface area contributed by atoms with Gasteiger partial charge in [0.05, 0.1) is 24.4 Å². The van der Waals surface area contributed by atoms with Gasteiger partial charge in [-0.1, -0.05) is 0 Å². The highest BCUT2D eigenvalue weighted by Gasteiger charge is 2.10. The number of ether oxygens (including phenoxy) is 2. The Morgan fingerprint density at radius 2 is 2.36 bits per heavy atom. The second-order valence-electron chi connectivity index (χ2n) is 2.42. The molecule has 1 aromatic rings. The highest BCUT2D eigenvalue weighted by molar-refractivity contribution is 9.10. The molecular formula is C9H10BrNO3. The predicted molar refractivity (Wildman–Crippen MR) is 54.4 cm³/mol. The van der Waals surface area contributed by atoms with Crippen LogP contribution in [0.4, 0.5) is 0 Å². The van der Waals surface area contributed by atoms with Crippen molar-refractivity contribution >= 4 is 21.9 Å². The molecule has 0 saturated heterocycles. The third kappa shape index (κ3) is 2.45. The molecule has 4 nitrogen and oxygen atoms in total. The molecule has 14 heavy (non-hydrogen) atoms. The first kappa shape index (κ1) is 11.0. The van der Waals surface area contributed by atoms with Gasteiger partial charge in [0, 0.05) is 0 Å². The molecule has 0 radical (unpaired) electrons. The van der Waals surface area contributed by atoms with Crippen molar-refractivity contribution in [2.75, 3.05) is 13.7 Å². The monoisotopic (exact) mass is 259 g/mol. The number of hydrogen-bond acceptors (Lipinski definition) is 4. The summed E-state index contributed by atoms with van der Waals surface area (Å²) in [5, 5.41) is 0. The number of rotatable bonds is 3. The van der Waals surface area contributed by atoms with E-state index in [1.165, 1.54) is 13.3 Å². The molecule has 0 spiro atoms. The largest absolute Gasteiger partial charge is 0.494 e. The summed E-state index contributed by atoms with van der Waals surface area (Å²) in [6, 6.07) is 1.57. The SMILES string of the molecule is CCOC(=O)c1cc(Br)c(OC)cn1. The summed E-state index contributed by atoms with van der Waals surface area (Å²) in [7, 11) is 1.53. The molecule has 0 aliphatic heterocycles. The number of methoxy groups -OCH3 is 1. The van der Waals surface area contributed by atoms with Crippen LogP contribution in [0.25, 0.3) is 0 Å². The Hall–Kier alpha value is -1.10. The number of carbonyl (C=O) groups is 1.